The zero-order valence-corrected chi connectivity index (χ0v) is 14.0. The first-order valence-electron chi connectivity index (χ1n) is 7.94. The molecule has 0 spiro atoms. The zero-order valence-electron chi connectivity index (χ0n) is 14.0. The fraction of sp³-hybridized carbons (Fsp3) is 0.211. The van der Waals surface area contributed by atoms with Gasteiger partial charge in [0.15, 0.2) is 0 Å². The van der Waals surface area contributed by atoms with Gasteiger partial charge in [0, 0.05) is 23.7 Å². The largest absolute Gasteiger partial charge is 0.573 e. The topological polar surface area (TPSA) is 54.4 Å². The predicted molar refractivity (Wildman–Crippen MR) is 92.5 cm³/mol. The van der Waals surface area contributed by atoms with Crippen LogP contribution in [-0.4, -0.2) is 23.5 Å². The normalized spacial score (nSPS) is 11.7. The number of pyridine rings is 1. The quantitative estimate of drug-likeness (QED) is 0.720. The summed E-state index contributed by atoms with van der Waals surface area (Å²) in [7, 11) is 1.80. The van der Waals surface area contributed by atoms with Crippen LogP contribution in [0.25, 0.3) is 22.0 Å². The average Bonchev–Trinajstić information content (AvgIpc) is 2.61. The van der Waals surface area contributed by atoms with Crippen molar-refractivity contribution in [1.82, 2.24) is 10.3 Å². The van der Waals surface area contributed by atoms with Gasteiger partial charge in [-0.15, -0.1) is 13.2 Å². The number of hydrogen-bond acceptors (Lipinski definition) is 4. The molecule has 0 unspecified atom stereocenters. The van der Waals surface area contributed by atoms with Gasteiger partial charge in [-0.1, -0.05) is 18.2 Å². The Kier molecular flexibility index (Phi) is 5.11. The van der Waals surface area contributed by atoms with Gasteiger partial charge in [-0.2, -0.15) is 0 Å². The van der Waals surface area contributed by atoms with Crippen LogP contribution in [-0.2, 0) is 13.2 Å². The van der Waals surface area contributed by atoms with Crippen LogP contribution in [0.3, 0.4) is 0 Å². The molecule has 0 fully saturated rings. The standard InChI is InChI=1S/C19H17F3N2O2/c1-23-10-13-9-16(18-15(17(13)11-25)3-2-8-24-18)12-4-6-14(7-5-12)26-19(20,21)22/h2-9,23,25H,10-11H2,1H3. The molecule has 2 N–H and O–H groups in total. The first-order chi connectivity index (χ1) is 12.4. The molecule has 0 bridgehead atoms. The van der Waals surface area contributed by atoms with Crippen molar-refractivity contribution in [2.45, 2.75) is 19.5 Å². The Morgan fingerprint density at radius 1 is 1.15 bits per heavy atom. The smallest absolute Gasteiger partial charge is 0.406 e. The number of hydrogen-bond donors (Lipinski definition) is 2. The molecule has 136 valence electrons. The maximum Gasteiger partial charge on any atom is 0.573 e. The van der Waals surface area contributed by atoms with Crippen molar-refractivity contribution in [1.29, 1.82) is 0 Å². The van der Waals surface area contributed by atoms with Crippen molar-refractivity contribution in [3.05, 3.63) is 59.8 Å². The van der Waals surface area contributed by atoms with Crippen LogP contribution in [0.1, 0.15) is 11.1 Å². The molecule has 0 amide bonds. The van der Waals surface area contributed by atoms with Gasteiger partial charge < -0.3 is 15.2 Å². The molecule has 4 nitrogen and oxygen atoms in total. The van der Waals surface area contributed by atoms with Crippen molar-refractivity contribution in [3.63, 3.8) is 0 Å². The lowest BCUT2D eigenvalue weighted by atomic mass is 9.94. The van der Waals surface area contributed by atoms with Gasteiger partial charge in [-0.05, 0) is 48.0 Å². The zero-order chi connectivity index (χ0) is 18.7. The van der Waals surface area contributed by atoms with Crippen LogP contribution < -0.4 is 10.1 Å². The number of aliphatic hydroxyl groups excluding tert-OH is 1. The lowest BCUT2D eigenvalue weighted by molar-refractivity contribution is -0.274. The number of aliphatic hydroxyl groups is 1. The number of halogens is 3. The van der Waals surface area contributed by atoms with Gasteiger partial charge in [0.25, 0.3) is 0 Å². The van der Waals surface area contributed by atoms with Crippen LogP contribution in [0.2, 0.25) is 0 Å². The summed E-state index contributed by atoms with van der Waals surface area (Å²) in [5, 5.41) is 13.6. The molecule has 26 heavy (non-hydrogen) atoms. The minimum absolute atomic E-state index is 0.127. The van der Waals surface area contributed by atoms with E-state index in [1.54, 1.807) is 31.4 Å². The number of aromatic nitrogens is 1. The minimum Gasteiger partial charge on any atom is -0.406 e. The van der Waals surface area contributed by atoms with E-state index in [1.807, 2.05) is 12.1 Å². The number of benzene rings is 2. The lowest BCUT2D eigenvalue weighted by Crippen LogP contribution is -2.16. The average molecular weight is 362 g/mol. The molecule has 0 aliphatic rings. The summed E-state index contributed by atoms with van der Waals surface area (Å²) < 4.78 is 40.9. The van der Waals surface area contributed by atoms with Crippen LogP contribution in [0.4, 0.5) is 13.2 Å². The van der Waals surface area contributed by atoms with E-state index in [-0.39, 0.29) is 12.4 Å². The molecule has 1 heterocycles. The highest BCUT2D eigenvalue weighted by Gasteiger charge is 2.31. The van der Waals surface area contributed by atoms with Crippen LogP contribution in [0, 0.1) is 0 Å². The highest BCUT2D eigenvalue weighted by molar-refractivity contribution is 5.96. The third-order valence-corrected chi connectivity index (χ3v) is 4.02. The number of alkyl halides is 3. The van der Waals surface area contributed by atoms with E-state index in [9.17, 15) is 18.3 Å². The fourth-order valence-electron chi connectivity index (χ4n) is 2.96. The monoisotopic (exact) mass is 362 g/mol. The number of ether oxygens (including phenoxy) is 1. The number of fused-ring (bicyclic) bond motifs is 1. The molecule has 1 aromatic heterocycles. The number of nitrogens with one attached hydrogen (secondary N) is 1. The second kappa shape index (κ2) is 7.31. The molecule has 0 saturated carbocycles. The third kappa shape index (κ3) is 3.79. The van der Waals surface area contributed by atoms with Gasteiger partial charge >= 0.3 is 6.36 Å². The van der Waals surface area contributed by atoms with Crippen LogP contribution in [0.15, 0.2) is 48.7 Å². The van der Waals surface area contributed by atoms with Gasteiger partial charge in [0.1, 0.15) is 5.75 Å². The second-order valence-electron chi connectivity index (χ2n) is 5.72. The summed E-state index contributed by atoms with van der Waals surface area (Å²) >= 11 is 0. The lowest BCUT2D eigenvalue weighted by Gasteiger charge is -2.15. The Morgan fingerprint density at radius 3 is 2.50 bits per heavy atom. The molecule has 0 saturated heterocycles. The molecule has 3 aromatic rings. The molecular weight excluding hydrogens is 345 g/mol. The first kappa shape index (κ1) is 18.2. The molecule has 0 aliphatic carbocycles. The Bertz CT molecular complexity index is 909. The van der Waals surface area contributed by atoms with Crippen molar-refractivity contribution < 1.29 is 23.0 Å². The molecular formula is C19H17F3N2O2. The van der Waals surface area contributed by atoms with Crippen molar-refractivity contribution >= 4 is 10.9 Å². The number of rotatable bonds is 5. The summed E-state index contributed by atoms with van der Waals surface area (Å²) in [6, 6.07) is 11.2. The van der Waals surface area contributed by atoms with Crippen molar-refractivity contribution in [3.8, 4) is 16.9 Å². The van der Waals surface area contributed by atoms with Gasteiger partial charge in [0.2, 0.25) is 0 Å². The molecule has 0 aliphatic heterocycles. The second-order valence-corrected chi connectivity index (χ2v) is 5.72. The summed E-state index contributed by atoms with van der Waals surface area (Å²) in [5.41, 5.74) is 3.86. The first-order valence-corrected chi connectivity index (χ1v) is 7.94. The Hall–Kier alpha value is -2.64. The highest BCUT2D eigenvalue weighted by Crippen LogP contribution is 2.33. The molecule has 7 heteroatoms. The maximum absolute atomic E-state index is 12.3. The van der Waals surface area contributed by atoms with E-state index in [4.69, 9.17) is 0 Å². The van der Waals surface area contributed by atoms with Gasteiger partial charge in [-0.3, -0.25) is 4.98 Å². The molecule has 0 radical (unpaired) electrons. The summed E-state index contributed by atoms with van der Waals surface area (Å²) in [6.45, 7) is 0.418. The van der Waals surface area contributed by atoms with E-state index in [2.05, 4.69) is 15.0 Å². The predicted octanol–water partition coefficient (Wildman–Crippen LogP) is 4.01. The maximum atomic E-state index is 12.3. The van der Waals surface area contributed by atoms with E-state index in [1.165, 1.54) is 12.1 Å². The van der Waals surface area contributed by atoms with E-state index in [0.29, 0.717) is 17.6 Å². The Morgan fingerprint density at radius 2 is 1.88 bits per heavy atom. The van der Waals surface area contributed by atoms with Crippen LogP contribution >= 0.6 is 0 Å². The van der Waals surface area contributed by atoms with Gasteiger partial charge in [-0.25, -0.2) is 0 Å². The summed E-state index contributed by atoms with van der Waals surface area (Å²) in [6.07, 6.45) is -3.08. The highest BCUT2D eigenvalue weighted by atomic mass is 19.4. The number of nitrogens with zero attached hydrogens (tertiary/aromatic N) is 1. The minimum atomic E-state index is -4.72. The SMILES string of the molecule is CNCc1cc(-c2ccc(OC(F)(F)F)cc2)c2ncccc2c1CO. The van der Waals surface area contributed by atoms with E-state index >= 15 is 0 Å². The summed E-state index contributed by atoms with van der Waals surface area (Å²) in [5.74, 6) is -0.277. The molecule has 3 rings (SSSR count). The molecule has 0 atom stereocenters. The molecule has 2 aromatic carbocycles. The van der Waals surface area contributed by atoms with E-state index in [0.717, 1.165) is 22.1 Å². The van der Waals surface area contributed by atoms with Gasteiger partial charge in [0.05, 0.1) is 12.1 Å². The fourth-order valence-corrected chi connectivity index (χ4v) is 2.96. The Balaban J connectivity index is 2.12. The van der Waals surface area contributed by atoms with E-state index < -0.39 is 6.36 Å². The van der Waals surface area contributed by atoms with Crippen molar-refractivity contribution in [2.75, 3.05) is 7.05 Å². The van der Waals surface area contributed by atoms with Crippen LogP contribution in [0.5, 0.6) is 5.75 Å². The van der Waals surface area contributed by atoms with Crippen molar-refractivity contribution in [2.24, 2.45) is 0 Å². The third-order valence-electron chi connectivity index (χ3n) is 4.02. The Labute approximate surface area is 148 Å². The summed E-state index contributed by atoms with van der Waals surface area (Å²) in [4.78, 5) is 4.41.